The average Bonchev–Trinajstić information content (AvgIpc) is 2.89. The summed E-state index contributed by atoms with van der Waals surface area (Å²) in [6.45, 7) is 0.347. The van der Waals surface area contributed by atoms with E-state index in [1.165, 1.54) is 12.1 Å². The molecule has 1 aromatic heterocycles. The number of fused-ring (bicyclic) bond motifs is 1. The molecule has 0 spiro atoms. The molecule has 2 aromatic carbocycles. The van der Waals surface area contributed by atoms with Gasteiger partial charge in [0.05, 0.1) is 5.56 Å². The second-order valence-corrected chi connectivity index (χ2v) is 5.14. The average molecular weight is 303 g/mol. The smallest absolute Gasteiger partial charge is 0.253 e. The Kier molecular flexibility index (Phi) is 3.62. The van der Waals surface area contributed by atoms with Crippen molar-refractivity contribution in [3.8, 4) is 0 Å². The Labute approximate surface area is 125 Å². The van der Waals surface area contributed by atoms with Crippen LogP contribution in [0.2, 0.25) is 5.02 Å². The lowest BCUT2D eigenvalue weighted by molar-refractivity contribution is 0.0952. The molecule has 1 heterocycles. The van der Waals surface area contributed by atoms with E-state index >= 15 is 0 Å². The summed E-state index contributed by atoms with van der Waals surface area (Å²) >= 11 is 5.91. The lowest BCUT2D eigenvalue weighted by Gasteiger charge is -2.04. The third-order valence-corrected chi connectivity index (χ3v) is 3.49. The molecule has 0 aliphatic rings. The highest BCUT2D eigenvalue weighted by Crippen LogP contribution is 2.22. The van der Waals surface area contributed by atoms with Crippen molar-refractivity contribution in [3.63, 3.8) is 0 Å². The minimum atomic E-state index is -0.293. The van der Waals surface area contributed by atoms with Crippen LogP contribution in [0, 0.1) is 5.82 Å². The van der Waals surface area contributed by atoms with Crippen molar-refractivity contribution in [1.29, 1.82) is 0 Å². The van der Waals surface area contributed by atoms with Gasteiger partial charge in [0.15, 0.2) is 0 Å². The topological polar surface area (TPSA) is 44.9 Å². The van der Waals surface area contributed by atoms with E-state index in [2.05, 4.69) is 10.3 Å². The number of halogens is 2. The number of carbonyl (C=O) groups excluding carboxylic acids is 1. The normalized spacial score (nSPS) is 10.8. The number of carbonyl (C=O) groups is 1. The molecule has 0 atom stereocenters. The summed E-state index contributed by atoms with van der Waals surface area (Å²) in [5, 5.41) is 4.24. The van der Waals surface area contributed by atoms with Gasteiger partial charge in [-0.1, -0.05) is 29.8 Å². The number of H-pyrrole nitrogens is 1. The van der Waals surface area contributed by atoms with Gasteiger partial charge in [-0.3, -0.25) is 4.79 Å². The number of nitrogens with one attached hydrogen (secondary N) is 2. The number of aromatic nitrogens is 1. The molecule has 21 heavy (non-hydrogen) atoms. The molecular formula is C16H12ClFN2O. The van der Waals surface area contributed by atoms with Gasteiger partial charge < -0.3 is 10.3 Å². The zero-order valence-corrected chi connectivity index (χ0v) is 11.7. The van der Waals surface area contributed by atoms with E-state index in [-0.39, 0.29) is 11.7 Å². The Morgan fingerprint density at radius 3 is 2.71 bits per heavy atom. The molecule has 0 saturated carbocycles. The molecule has 0 aliphatic heterocycles. The van der Waals surface area contributed by atoms with E-state index in [4.69, 9.17) is 11.6 Å². The molecule has 3 nitrogen and oxygen atoms in total. The van der Waals surface area contributed by atoms with Gasteiger partial charge in [0.2, 0.25) is 0 Å². The lowest BCUT2D eigenvalue weighted by Crippen LogP contribution is -2.22. The van der Waals surface area contributed by atoms with E-state index in [0.29, 0.717) is 17.1 Å². The van der Waals surface area contributed by atoms with Crippen molar-refractivity contribution < 1.29 is 9.18 Å². The predicted molar refractivity (Wildman–Crippen MR) is 80.9 cm³/mol. The second-order valence-electron chi connectivity index (χ2n) is 4.70. The predicted octanol–water partition coefficient (Wildman–Crippen LogP) is 3.89. The number of benzene rings is 2. The van der Waals surface area contributed by atoms with Crippen LogP contribution >= 0.6 is 11.6 Å². The number of hydrogen-bond acceptors (Lipinski definition) is 1. The summed E-state index contributed by atoms with van der Waals surface area (Å²) in [5.41, 5.74) is 2.21. The van der Waals surface area contributed by atoms with E-state index in [9.17, 15) is 9.18 Å². The highest BCUT2D eigenvalue weighted by atomic mass is 35.5. The van der Waals surface area contributed by atoms with Crippen molar-refractivity contribution in [2.45, 2.75) is 6.54 Å². The van der Waals surface area contributed by atoms with Crippen molar-refractivity contribution in [1.82, 2.24) is 10.3 Å². The van der Waals surface area contributed by atoms with Gasteiger partial charge in [0.25, 0.3) is 5.91 Å². The minimum Gasteiger partial charge on any atom is -0.360 e. The van der Waals surface area contributed by atoms with E-state index in [1.807, 2.05) is 0 Å². The fourth-order valence-corrected chi connectivity index (χ4v) is 2.34. The Balaban J connectivity index is 1.76. The van der Waals surface area contributed by atoms with Crippen molar-refractivity contribution >= 4 is 28.4 Å². The molecule has 1 amide bonds. The van der Waals surface area contributed by atoms with E-state index in [1.54, 1.807) is 36.5 Å². The first-order valence-electron chi connectivity index (χ1n) is 6.43. The van der Waals surface area contributed by atoms with Gasteiger partial charge in [-0.25, -0.2) is 4.39 Å². The maximum atomic E-state index is 12.8. The summed E-state index contributed by atoms with van der Waals surface area (Å²) in [6, 6.07) is 11.3. The maximum absolute atomic E-state index is 12.8. The molecule has 5 heteroatoms. The zero-order chi connectivity index (χ0) is 14.8. The van der Waals surface area contributed by atoms with Gasteiger partial charge in [-0.2, -0.15) is 0 Å². The monoisotopic (exact) mass is 302 g/mol. The third kappa shape index (κ3) is 2.90. The standard InChI is InChI=1S/C16H12ClFN2O/c17-11-3-6-13-14(9-19-15(13)7-11)16(21)20-8-10-1-4-12(18)5-2-10/h1-7,9,19H,8H2,(H,20,21). The second kappa shape index (κ2) is 5.58. The molecule has 106 valence electrons. The van der Waals surface area contributed by atoms with Gasteiger partial charge in [-0.15, -0.1) is 0 Å². The van der Waals surface area contributed by atoms with Crippen LogP contribution in [0.25, 0.3) is 10.9 Å². The number of amides is 1. The Morgan fingerprint density at radius 1 is 1.19 bits per heavy atom. The number of aromatic amines is 1. The minimum absolute atomic E-state index is 0.187. The van der Waals surface area contributed by atoms with Crippen LogP contribution in [0.5, 0.6) is 0 Å². The molecule has 3 rings (SSSR count). The molecule has 0 radical (unpaired) electrons. The Morgan fingerprint density at radius 2 is 1.95 bits per heavy atom. The van der Waals surface area contributed by atoms with Gasteiger partial charge >= 0.3 is 0 Å². The number of rotatable bonds is 3. The molecule has 2 N–H and O–H groups in total. The molecule has 0 aliphatic carbocycles. The van der Waals surface area contributed by atoms with E-state index in [0.717, 1.165) is 16.5 Å². The quantitative estimate of drug-likeness (QED) is 0.757. The van der Waals surface area contributed by atoms with Gasteiger partial charge in [0, 0.05) is 28.7 Å². The lowest BCUT2D eigenvalue weighted by atomic mass is 10.1. The fourth-order valence-electron chi connectivity index (χ4n) is 2.17. The summed E-state index contributed by atoms with van der Waals surface area (Å²) in [7, 11) is 0. The van der Waals surface area contributed by atoms with E-state index < -0.39 is 0 Å². The van der Waals surface area contributed by atoms with Crippen molar-refractivity contribution in [3.05, 3.63) is 70.6 Å². The Bertz CT molecular complexity index is 796. The third-order valence-electron chi connectivity index (χ3n) is 3.25. The van der Waals surface area contributed by atoms with Crippen LogP contribution in [0.1, 0.15) is 15.9 Å². The van der Waals surface area contributed by atoms with Crippen molar-refractivity contribution in [2.75, 3.05) is 0 Å². The highest BCUT2D eigenvalue weighted by Gasteiger charge is 2.11. The van der Waals surface area contributed by atoms with Gasteiger partial charge in [-0.05, 0) is 29.8 Å². The van der Waals surface area contributed by atoms with Crippen LogP contribution in [-0.2, 0) is 6.54 Å². The molecule has 0 bridgehead atoms. The van der Waals surface area contributed by atoms with Crippen LogP contribution in [0.4, 0.5) is 4.39 Å². The first kappa shape index (κ1) is 13.6. The maximum Gasteiger partial charge on any atom is 0.253 e. The number of hydrogen-bond donors (Lipinski definition) is 2. The van der Waals surface area contributed by atoms with Crippen LogP contribution in [0.3, 0.4) is 0 Å². The summed E-state index contributed by atoms with van der Waals surface area (Å²) in [4.78, 5) is 15.2. The highest BCUT2D eigenvalue weighted by molar-refractivity contribution is 6.31. The summed E-state index contributed by atoms with van der Waals surface area (Å²) < 4.78 is 12.8. The molecule has 0 unspecified atom stereocenters. The largest absolute Gasteiger partial charge is 0.360 e. The van der Waals surface area contributed by atoms with Crippen LogP contribution in [0.15, 0.2) is 48.7 Å². The zero-order valence-electron chi connectivity index (χ0n) is 11.0. The SMILES string of the molecule is O=C(NCc1ccc(F)cc1)c1c[nH]c2cc(Cl)ccc12. The molecule has 0 saturated heterocycles. The first-order chi connectivity index (χ1) is 10.1. The molecule has 0 fully saturated rings. The first-order valence-corrected chi connectivity index (χ1v) is 6.80. The Hall–Kier alpha value is -2.33. The molecule has 3 aromatic rings. The van der Waals surface area contributed by atoms with Crippen LogP contribution < -0.4 is 5.32 Å². The summed E-state index contributed by atoms with van der Waals surface area (Å²) in [6.07, 6.45) is 1.65. The van der Waals surface area contributed by atoms with Crippen LogP contribution in [-0.4, -0.2) is 10.9 Å². The summed E-state index contributed by atoms with van der Waals surface area (Å²) in [5.74, 6) is -0.480. The van der Waals surface area contributed by atoms with Gasteiger partial charge in [0.1, 0.15) is 5.82 Å². The fraction of sp³-hybridized carbons (Fsp3) is 0.0625. The van der Waals surface area contributed by atoms with Crippen molar-refractivity contribution in [2.24, 2.45) is 0 Å². The molecular weight excluding hydrogens is 291 g/mol.